The molecule has 7 nitrogen and oxygen atoms in total. The number of cyclic esters (lactones) is 1. The second-order valence-electron chi connectivity index (χ2n) is 7.89. The van der Waals surface area contributed by atoms with Crippen molar-refractivity contribution in [1.82, 2.24) is 9.80 Å². The van der Waals surface area contributed by atoms with Crippen molar-refractivity contribution >= 4 is 17.8 Å². The minimum atomic E-state index is -2.98. The van der Waals surface area contributed by atoms with Crippen LogP contribution in [0.2, 0.25) is 0 Å². The largest absolute Gasteiger partial charge is 0.439 e. The van der Waals surface area contributed by atoms with E-state index < -0.39 is 12.6 Å². The van der Waals surface area contributed by atoms with Gasteiger partial charge in [-0.2, -0.15) is 8.78 Å². The van der Waals surface area contributed by atoms with Gasteiger partial charge in [0.15, 0.2) is 0 Å². The average molecular weight is 445 g/mol. The number of likely N-dealkylation sites (tertiary alicyclic amines) is 1. The predicted octanol–water partition coefficient (Wildman–Crippen LogP) is 4.87. The Morgan fingerprint density at radius 1 is 1.09 bits per heavy atom. The van der Waals surface area contributed by atoms with Gasteiger partial charge < -0.3 is 19.7 Å². The maximum absolute atomic E-state index is 12.7. The van der Waals surface area contributed by atoms with Crippen LogP contribution in [0.25, 0.3) is 0 Å². The van der Waals surface area contributed by atoms with Crippen molar-refractivity contribution in [3.8, 4) is 5.75 Å². The van der Waals surface area contributed by atoms with Gasteiger partial charge in [-0.05, 0) is 37.5 Å². The number of anilines is 1. The molecule has 4 rings (SSSR count). The molecule has 0 radical (unpaired) electrons. The van der Waals surface area contributed by atoms with E-state index in [1.807, 2.05) is 37.3 Å². The molecule has 9 heteroatoms. The van der Waals surface area contributed by atoms with Gasteiger partial charge in [0.2, 0.25) is 0 Å². The number of piperidine rings is 1. The second kappa shape index (κ2) is 9.42. The first-order valence-electron chi connectivity index (χ1n) is 10.6. The number of halogens is 2. The number of alkyl halides is 2. The molecule has 0 aromatic heterocycles. The lowest BCUT2D eigenvalue weighted by atomic mass is 9.98. The van der Waals surface area contributed by atoms with Gasteiger partial charge in [0.1, 0.15) is 11.9 Å². The molecule has 2 saturated heterocycles. The number of amides is 3. The Balaban J connectivity index is 1.35. The van der Waals surface area contributed by atoms with Crippen molar-refractivity contribution < 1.29 is 27.8 Å². The molecule has 32 heavy (non-hydrogen) atoms. The van der Waals surface area contributed by atoms with E-state index in [2.05, 4.69) is 10.1 Å². The highest BCUT2D eigenvalue weighted by Crippen LogP contribution is 2.36. The number of nitrogens with zero attached hydrogens (tertiary/aromatic N) is 2. The summed E-state index contributed by atoms with van der Waals surface area (Å²) < 4.78 is 35.3. The standard InChI is InChI=1S/C23H25F2N3O4/c1-15-20(16-7-3-2-4-8-16)32-23(30)28(15)17-11-13-27(14-12-17)22(29)26-18-9-5-6-10-19(18)31-21(24)25/h2-10,15,17,20-21H,11-14H2,1H3,(H,26,29). The lowest BCUT2D eigenvalue weighted by Crippen LogP contribution is -2.50. The fraction of sp³-hybridized carbons (Fsp3) is 0.391. The van der Waals surface area contributed by atoms with Crippen LogP contribution >= 0.6 is 0 Å². The predicted molar refractivity (Wildman–Crippen MR) is 114 cm³/mol. The number of carbonyl (C=O) groups is 2. The molecule has 2 unspecified atom stereocenters. The molecular weight excluding hydrogens is 420 g/mol. The van der Waals surface area contributed by atoms with Crippen LogP contribution in [0.1, 0.15) is 31.4 Å². The van der Waals surface area contributed by atoms with Crippen LogP contribution in [0.4, 0.5) is 24.1 Å². The van der Waals surface area contributed by atoms with Gasteiger partial charge >= 0.3 is 18.7 Å². The van der Waals surface area contributed by atoms with Gasteiger partial charge in [0, 0.05) is 19.1 Å². The molecule has 170 valence electrons. The van der Waals surface area contributed by atoms with Crippen molar-refractivity contribution in [3.05, 3.63) is 60.2 Å². The van der Waals surface area contributed by atoms with Crippen LogP contribution in [0.15, 0.2) is 54.6 Å². The van der Waals surface area contributed by atoms with Gasteiger partial charge in [-0.15, -0.1) is 0 Å². The van der Waals surface area contributed by atoms with Crippen LogP contribution in [0, 0.1) is 0 Å². The van der Waals surface area contributed by atoms with Crippen molar-refractivity contribution in [2.24, 2.45) is 0 Å². The van der Waals surface area contributed by atoms with Gasteiger partial charge in [-0.25, -0.2) is 9.59 Å². The van der Waals surface area contributed by atoms with E-state index in [1.54, 1.807) is 21.9 Å². The first-order chi connectivity index (χ1) is 15.4. The first kappa shape index (κ1) is 21.9. The molecule has 1 N–H and O–H groups in total. The molecule has 3 amide bonds. The third-order valence-electron chi connectivity index (χ3n) is 5.93. The summed E-state index contributed by atoms with van der Waals surface area (Å²) in [4.78, 5) is 28.6. The number of rotatable bonds is 5. The van der Waals surface area contributed by atoms with Crippen molar-refractivity contribution in [3.63, 3.8) is 0 Å². The van der Waals surface area contributed by atoms with E-state index in [0.717, 1.165) is 5.56 Å². The number of ether oxygens (including phenoxy) is 2. The zero-order valence-electron chi connectivity index (χ0n) is 17.6. The molecule has 0 spiro atoms. The topological polar surface area (TPSA) is 71.1 Å². The summed E-state index contributed by atoms with van der Waals surface area (Å²) in [5.74, 6) is -0.0914. The van der Waals surface area contributed by atoms with Crippen LogP contribution in [-0.2, 0) is 4.74 Å². The average Bonchev–Trinajstić information content (AvgIpc) is 3.09. The van der Waals surface area contributed by atoms with Gasteiger partial charge in [0.05, 0.1) is 11.7 Å². The summed E-state index contributed by atoms with van der Waals surface area (Å²) in [6, 6.07) is 15.2. The lowest BCUT2D eigenvalue weighted by molar-refractivity contribution is -0.0493. The zero-order valence-corrected chi connectivity index (χ0v) is 17.6. The first-order valence-corrected chi connectivity index (χ1v) is 10.6. The maximum atomic E-state index is 12.7. The molecule has 0 saturated carbocycles. The van der Waals surface area contributed by atoms with E-state index in [0.29, 0.717) is 25.9 Å². The Morgan fingerprint density at radius 2 is 1.75 bits per heavy atom. The summed E-state index contributed by atoms with van der Waals surface area (Å²) in [6.07, 6.45) is 0.538. The number of hydrogen-bond donors (Lipinski definition) is 1. The second-order valence-corrected chi connectivity index (χ2v) is 7.89. The maximum Gasteiger partial charge on any atom is 0.411 e. The van der Waals surface area contributed by atoms with E-state index in [9.17, 15) is 18.4 Å². The smallest absolute Gasteiger partial charge is 0.411 e. The van der Waals surface area contributed by atoms with Crippen LogP contribution in [-0.4, -0.2) is 53.7 Å². The van der Waals surface area contributed by atoms with Crippen molar-refractivity contribution in [2.75, 3.05) is 18.4 Å². The number of urea groups is 1. The van der Waals surface area contributed by atoms with E-state index >= 15 is 0 Å². The quantitative estimate of drug-likeness (QED) is 0.713. The Morgan fingerprint density at radius 3 is 2.44 bits per heavy atom. The van der Waals surface area contributed by atoms with E-state index in [4.69, 9.17) is 4.74 Å². The van der Waals surface area contributed by atoms with Gasteiger partial charge in [0.25, 0.3) is 0 Å². The number of hydrogen-bond acceptors (Lipinski definition) is 4. The molecule has 2 heterocycles. The molecule has 2 fully saturated rings. The molecule has 0 aliphatic carbocycles. The van der Waals surface area contributed by atoms with Crippen LogP contribution < -0.4 is 10.1 Å². The molecular formula is C23H25F2N3O4. The summed E-state index contributed by atoms with van der Waals surface area (Å²) in [5, 5.41) is 2.64. The molecule has 2 aromatic rings. The summed E-state index contributed by atoms with van der Waals surface area (Å²) in [7, 11) is 0. The zero-order chi connectivity index (χ0) is 22.7. The lowest BCUT2D eigenvalue weighted by Gasteiger charge is -2.37. The molecule has 2 aliphatic heterocycles. The molecule has 2 aromatic carbocycles. The minimum absolute atomic E-state index is 0.0373. The Bertz CT molecular complexity index is 951. The Kier molecular flexibility index (Phi) is 6.43. The molecule has 0 bridgehead atoms. The van der Waals surface area contributed by atoms with Gasteiger partial charge in [-0.3, -0.25) is 4.90 Å². The van der Waals surface area contributed by atoms with E-state index in [1.165, 1.54) is 12.1 Å². The van der Waals surface area contributed by atoms with Crippen molar-refractivity contribution in [1.29, 1.82) is 0 Å². The number of carbonyl (C=O) groups excluding carboxylic acids is 2. The molecule has 2 atom stereocenters. The Labute approximate surface area is 184 Å². The SMILES string of the molecule is CC1C(c2ccccc2)OC(=O)N1C1CCN(C(=O)Nc2ccccc2OC(F)F)CC1. The third kappa shape index (κ3) is 4.61. The fourth-order valence-corrected chi connectivity index (χ4v) is 4.36. The third-order valence-corrected chi connectivity index (χ3v) is 5.93. The minimum Gasteiger partial charge on any atom is -0.439 e. The summed E-state index contributed by atoms with van der Waals surface area (Å²) >= 11 is 0. The highest BCUT2D eigenvalue weighted by molar-refractivity contribution is 5.91. The number of para-hydroxylation sites is 2. The number of benzene rings is 2. The highest BCUT2D eigenvalue weighted by Gasteiger charge is 2.44. The fourth-order valence-electron chi connectivity index (χ4n) is 4.36. The normalized spacial score (nSPS) is 21.6. The summed E-state index contributed by atoms with van der Waals surface area (Å²) in [5.41, 5.74) is 1.14. The Hall–Kier alpha value is -3.36. The highest BCUT2D eigenvalue weighted by atomic mass is 19.3. The van der Waals surface area contributed by atoms with Crippen LogP contribution in [0.5, 0.6) is 5.75 Å². The van der Waals surface area contributed by atoms with Gasteiger partial charge in [-0.1, -0.05) is 42.5 Å². The van der Waals surface area contributed by atoms with Crippen LogP contribution in [0.3, 0.4) is 0 Å². The van der Waals surface area contributed by atoms with E-state index in [-0.39, 0.29) is 35.7 Å². The summed E-state index contributed by atoms with van der Waals surface area (Å²) in [6.45, 7) is -0.144. The molecule has 2 aliphatic rings. The van der Waals surface area contributed by atoms with Crippen molar-refractivity contribution in [2.45, 2.75) is 44.6 Å². The number of nitrogens with one attached hydrogen (secondary N) is 1. The monoisotopic (exact) mass is 445 g/mol.